The third-order valence-electron chi connectivity index (χ3n) is 4.83. The number of ether oxygens (including phenoxy) is 1. The van der Waals surface area contributed by atoms with Gasteiger partial charge in [0, 0.05) is 31.2 Å². The number of hydrogen-bond donors (Lipinski definition) is 1. The van der Waals surface area contributed by atoms with Crippen molar-refractivity contribution in [3.05, 3.63) is 0 Å². The van der Waals surface area contributed by atoms with Gasteiger partial charge in [-0.1, -0.05) is 0 Å². The molecule has 0 aliphatic carbocycles. The first-order valence-electron chi connectivity index (χ1n) is 8.14. The quantitative estimate of drug-likeness (QED) is 0.803. The largest absolute Gasteiger partial charge is 0.379 e. The summed E-state index contributed by atoms with van der Waals surface area (Å²) >= 11 is 0. The van der Waals surface area contributed by atoms with E-state index in [4.69, 9.17) is 4.74 Å². The molecule has 4 nitrogen and oxygen atoms in total. The number of morpholine rings is 1. The van der Waals surface area contributed by atoms with Crippen LogP contribution in [0, 0.1) is 0 Å². The Morgan fingerprint density at radius 2 is 1.71 bits per heavy atom. The lowest BCUT2D eigenvalue weighted by Crippen LogP contribution is -2.54. The second-order valence-electron chi connectivity index (χ2n) is 6.31. The molecule has 0 spiro atoms. The van der Waals surface area contributed by atoms with Gasteiger partial charge in [-0.05, 0) is 39.8 Å². The summed E-state index contributed by atoms with van der Waals surface area (Å²) in [5.41, 5.74) is 0. The monoisotopic (exact) mass is 305 g/mol. The minimum Gasteiger partial charge on any atom is -0.379 e. The van der Waals surface area contributed by atoms with Crippen LogP contribution in [-0.2, 0) is 4.74 Å². The summed E-state index contributed by atoms with van der Waals surface area (Å²) in [5, 5.41) is 3.69. The maximum Gasteiger partial charge on any atom is 0.251 e. The summed E-state index contributed by atoms with van der Waals surface area (Å²) in [6, 6.07) is 1.35. The number of hydrogen-bond acceptors (Lipinski definition) is 4. The smallest absolute Gasteiger partial charge is 0.251 e. The van der Waals surface area contributed by atoms with Crippen molar-refractivity contribution in [1.29, 1.82) is 0 Å². The molecule has 2 heterocycles. The maximum absolute atomic E-state index is 12.4. The van der Waals surface area contributed by atoms with Crippen molar-refractivity contribution in [3.63, 3.8) is 0 Å². The van der Waals surface area contributed by atoms with Crippen LogP contribution in [0.2, 0.25) is 0 Å². The third kappa shape index (κ3) is 5.43. The fourth-order valence-electron chi connectivity index (χ4n) is 3.29. The first kappa shape index (κ1) is 17.1. The molecule has 21 heavy (non-hydrogen) atoms. The minimum atomic E-state index is -2.21. The first-order chi connectivity index (χ1) is 10.1. The predicted molar refractivity (Wildman–Crippen MR) is 79.9 cm³/mol. The summed E-state index contributed by atoms with van der Waals surface area (Å²) < 4.78 is 30.1. The zero-order valence-corrected chi connectivity index (χ0v) is 13.2. The molecule has 1 N–H and O–H groups in total. The van der Waals surface area contributed by atoms with E-state index in [9.17, 15) is 8.78 Å². The van der Waals surface area contributed by atoms with Crippen LogP contribution in [0.5, 0.6) is 0 Å². The van der Waals surface area contributed by atoms with Crippen molar-refractivity contribution < 1.29 is 13.5 Å². The molecule has 124 valence electrons. The van der Waals surface area contributed by atoms with Crippen LogP contribution in [0.1, 0.15) is 26.7 Å². The van der Waals surface area contributed by atoms with Crippen molar-refractivity contribution in [2.75, 3.05) is 45.9 Å². The van der Waals surface area contributed by atoms with Crippen LogP contribution in [0.15, 0.2) is 0 Å². The summed E-state index contributed by atoms with van der Waals surface area (Å²) in [6.07, 6.45) is -0.283. The molecule has 0 saturated carbocycles. The molecule has 0 bridgehead atoms. The maximum atomic E-state index is 12.4. The minimum absolute atomic E-state index is 0.0769. The Kier molecular flexibility index (Phi) is 6.79. The van der Waals surface area contributed by atoms with Crippen molar-refractivity contribution in [3.8, 4) is 0 Å². The SMILES string of the molecule is C[C@@H](NC1CCN(CC(F)F)CC1)[C@H](C)N1CCOCC1. The van der Waals surface area contributed by atoms with E-state index in [0.29, 0.717) is 18.1 Å². The number of alkyl halides is 2. The van der Waals surface area contributed by atoms with E-state index in [1.165, 1.54) is 0 Å². The van der Waals surface area contributed by atoms with Gasteiger partial charge >= 0.3 is 0 Å². The van der Waals surface area contributed by atoms with Crippen molar-refractivity contribution >= 4 is 0 Å². The lowest BCUT2D eigenvalue weighted by Gasteiger charge is -2.39. The topological polar surface area (TPSA) is 27.7 Å². The normalized spacial score (nSPS) is 26.1. The number of halogens is 2. The Balaban J connectivity index is 1.69. The second-order valence-corrected chi connectivity index (χ2v) is 6.31. The standard InChI is InChI=1S/C15H29F2N3O/c1-12(13(2)20-7-9-21-10-8-20)18-14-3-5-19(6-4-14)11-15(16)17/h12-15,18H,3-11H2,1-2H3/t12-,13+/m1/s1. The van der Waals surface area contributed by atoms with Crippen molar-refractivity contribution in [2.45, 2.75) is 51.2 Å². The molecule has 0 radical (unpaired) electrons. The van der Waals surface area contributed by atoms with Gasteiger partial charge in [0.05, 0.1) is 19.8 Å². The van der Waals surface area contributed by atoms with E-state index in [1.807, 2.05) is 4.90 Å². The molecule has 2 fully saturated rings. The highest BCUT2D eigenvalue weighted by molar-refractivity contribution is 4.85. The third-order valence-corrected chi connectivity index (χ3v) is 4.83. The van der Waals surface area contributed by atoms with Gasteiger partial charge in [-0.2, -0.15) is 0 Å². The van der Waals surface area contributed by atoms with Gasteiger partial charge in [0.2, 0.25) is 0 Å². The molecule has 6 heteroatoms. The molecular weight excluding hydrogens is 276 g/mol. The lowest BCUT2D eigenvalue weighted by molar-refractivity contribution is 0.0115. The van der Waals surface area contributed by atoms with E-state index in [1.54, 1.807) is 0 Å². The number of piperidine rings is 1. The summed E-state index contributed by atoms with van der Waals surface area (Å²) in [4.78, 5) is 4.34. The van der Waals surface area contributed by atoms with Crippen LogP contribution in [0.4, 0.5) is 8.78 Å². The van der Waals surface area contributed by atoms with E-state index >= 15 is 0 Å². The molecule has 0 aromatic carbocycles. The summed E-state index contributed by atoms with van der Waals surface area (Å²) in [6.45, 7) is 9.61. The zero-order chi connectivity index (χ0) is 15.2. The highest BCUT2D eigenvalue weighted by atomic mass is 19.3. The molecule has 2 atom stereocenters. The number of nitrogens with one attached hydrogen (secondary N) is 1. The Labute approximate surface area is 126 Å². The zero-order valence-electron chi connectivity index (χ0n) is 13.2. The van der Waals surface area contributed by atoms with E-state index in [-0.39, 0.29) is 6.54 Å². The Morgan fingerprint density at radius 1 is 1.10 bits per heavy atom. The van der Waals surface area contributed by atoms with Gasteiger partial charge in [0.25, 0.3) is 6.43 Å². The highest BCUT2D eigenvalue weighted by Gasteiger charge is 2.26. The van der Waals surface area contributed by atoms with Crippen molar-refractivity contribution in [1.82, 2.24) is 15.1 Å². The second kappa shape index (κ2) is 8.36. The van der Waals surface area contributed by atoms with Crippen LogP contribution < -0.4 is 5.32 Å². The van der Waals surface area contributed by atoms with Gasteiger partial charge in [-0.15, -0.1) is 0 Å². The fourth-order valence-corrected chi connectivity index (χ4v) is 3.29. The molecule has 2 aliphatic heterocycles. The van der Waals surface area contributed by atoms with Gasteiger partial charge in [-0.25, -0.2) is 8.78 Å². The first-order valence-corrected chi connectivity index (χ1v) is 8.14. The highest BCUT2D eigenvalue weighted by Crippen LogP contribution is 2.14. The van der Waals surface area contributed by atoms with Crippen LogP contribution >= 0.6 is 0 Å². The molecule has 0 aromatic heterocycles. The average Bonchev–Trinajstić information content (AvgIpc) is 2.49. The van der Waals surface area contributed by atoms with Gasteiger partial charge in [-0.3, -0.25) is 9.80 Å². The predicted octanol–water partition coefficient (Wildman–Crippen LogP) is 1.41. The van der Waals surface area contributed by atoms with E-state index < -0.39 is 6.43 Å². The molecule has 2 saturated heterocycles. The van der Waals surface area contributed by atoms with Crippen molar-refractivity contribution in [2.24, 2.45) is 0 Å². The Bertz CT molecular complexity index is 293. The molecule has 2 rings (SSSR count). The fraction of sp³-hybridized carbons (Fsp3) is 1.00. The Morgan fingerprint density at radius 3 is 2.29 bits per heavy atom. The van der Waals surface area contributed by atoms with E-state index in [0.717, 1.165) is 52.2 Å². The number of likely N-dealkylation sites (tertiary alicyclic amines) is 1. The molecule has 0 unspecified atom stereocenters. The molecular formula is C15H29F2N3O. The summed E-state index contributed by atoms with van der Waals surface area (Å²) in [7, 11) is 0. The van der Waals surface area contributed by atoms with Gasteiger partial charge in [0.15, 0.2) is 0 Å². The van der Waals surface area contributed by atoms with Crippen LogP contribution in [0.3, 0.4) is 0 Å². The summed E-state index contributed by atoms with van der Waals surface area (Å²) in [5.74, 6) is 0. The van der Waals surface area contributed by atoms with E-state index in [2.05, 4.69) is 24.1 Å². The average molecular weight is 305 g/mol. The molecule has 0 amide bonds. The lowest BCUT2D eigenvalue weighted by atomic mass is 10.0. The number of rotatable bonds is 6. The van der Waals surface area contributed by atoms with Crippen LogP contribution in [0.25, 0.3) is 0 Å². The van der Waals surface area contributed by atoms with Gasteiger partial charge < -0.3 is 10.1 Å². The van der Waals surface area contributed by atoms with Gasteiger partial charge in [0.1, 0.15) is 0 Å². The number of nitrogens with zero attached hydrogens (tertiary/aromatic N) is 2. The van der Waals surface area contributed by atoms with Crippen LogP contribution in [-0.4, -0.2) is 80.3 Å². The Hall–Kier alpha value is -0.300. The molecule has 0 aromatic rings. The molecule has 2 aliphatic rings.